The molecule has 0 amide bonds. The number of hydrogen-bond acceptors (Lipinski definition) is 6. The Morgan fingerprint density at radius 1 is 0.893 bits per heavy atom. The molecule has 1 fully saturated rings. The number of nitrogens with zero attached hydrogens (tertiary/aromatic N) is 4. The van der Waals surface area contributed by atoms with Crippen molar-refractivity contribution >= 4 is 16.6 Å². The van der Waals surface area contributed by atoms with Gasteiger partial charge in [-0.2, -0.15) is 0 Å². The molecule has 4 rings (SSSR count). The number of benzene rings is 2. The predicted octanol–water partition coefficient (Wildman–Crippen LogP) is 2.15. The van der Waals surface area contributed by atoms with E-state index in [1.54, 1.807) is 37.2 Å². The van der Waals surface area contributed by atoms with Gasteiger partial charge in [0.25, 0.3) is 5.56 Å². The maximum absolute atomic E-state index is 13.0. The van der Waals surface area contributed by atoms with Crippen molar-refractivity contribution in [2.75, 3.05) is 52.3 Å². The van der Waals surface area contributed by atoms with Gasteiger partial charge in [-0.15, -0.1) is 0 Å². The van der Waals surface area contributed by atoms with Crippen molar-refractivity contribution in [3.63, 3.8) is 0 Å². The molecule has 1 aromatic heterocycles. The zero-order chi connectivity index (χ0) is 19.7. The minimum absolute atomic E-state index is 0.140. The SMILES string of the molecule is COc1cc2ncn(-c3ccc(N4CCN(C)CC4)cc3)c(=O)c2cc1OC. The van der Waals surface area contributed by atoms with E-state index >= 15 is 0 Å². The second-order valence-electron chi connectivity index (χ2n) is 6.95. The van der Waals surface area contributed by atoms with E-state index in [1.165, 1.54) is 5.69 Å². The lowest BCUT2D eigenvalue weighted by atomic mass is 10.2. The third-order valence-electron chi connectivity index (χ3n) is 5.26. The molecule has 146 valence electrons. The van der Waals surface area contributed by atoms with E-state index in [1.807, 2.05) is 12.1 Å². The number of methoxy groups -OCH3 is 2. The molecule has 7 nitrogen and oxygen atoms in total. The molecular formula is C21H24N4O3. The summed E-state index contributed by atoms with van der Waals surface area (Å²) in [5.41, 5.74) is 2.39. The summed E-state index contributed by atoms with van der Waals surface area (Å²) in [7, 11) is 5.26. The lowest BCUT2D eigenvalue weighted by Crippen LogP contribution is -2.44. The van der Waals surface area contributed by atoms with Crippen LogP contribution >= 0.6 is 0 Å². The van der Waals surface area contributed by atoms with E-state index in [0.29, 0.717) is 22.4 Å². The highest BCUT2D eigenvalue weighted by molar-refractivity contribution is 5.82. The molecule has 1 aliphatic heterocycles. The standard InChI is InChI=1S/C21H24N4O3/c1-23-8-10-24(11-9-23)15-4-6-16(7-5-15)25-14-22-18-13-20(28-3)19(27-2)12-17(18)21(25)26/h4-7,12-14H,8-11H2,1-3H3. The quantitative estimate of drug-likeness (QED) is 0.691. The number of hydrogen-bond donors (Lipinski definition) is 0. The van der Waals surface area contributed by atoms with Gasteiger partial charge in [-0.1, -0.05) is 0 Å². The third-order valence-corrected chi connectivity index (χ3v) is 5.26. The van der Waals surface area contributed by atoms with Crippen LogP contribution in [-0.4, -0.2) is 61.9 Å². The molecule has 0 saturated carbocycles. The number of rotatable bonds is 4. The van der Waals surface area contributed by atoms with Crippen molar-refractivity contribution in [1.29, 1.82) is 0 Å². The molecule has 0 unspecified atom stereocenters. The van der Waals surface area contributed by atoms with Crippen LogP contribution in [0.25, 0.3) is 16.6 Å². The molecular weight excluding hydrogens is 356 g/mol. The van der Waals surface area contributed by atoms with Gasteiger partial charge in [0.1, 0.15) is 6.33 Å². The summed E-state index contributed by atoms with van der Waals surface area (Å²) in [4.78, 5) is 22.2. The van der Waals surface area contributed by atoms with Gasteiger partial charge in [0.05, 0.1) is 30.8 Å². The van der Waals surface area contributed by atoms with Crippen LogP contribution in [0.5, 0.6) is 11.5 Å². The highest BCUT2D eigenvalue weighted by atomic mass is 16.5. The van der Waals surface area contributed by atoms with E-state index in [-0.39, 0.29) is 5.56 Å². The molecule has 0 bridgehead atoms. The minimum Gasteiger partial charge on any atom is -0.493 e. The number of piperazine rings is 1. The Bertz CT molecular complexity index is 1040. The topological polar surface area (TPSA) is 59.8 Å². The number of fused-ring (bicyclic) bond motifs is 1. The summed E-state index contributed by atoms with van der Waals surface area (Å²) < 4.78 is 12.2. The monoisotopic (exact) mass is 380 g/mol. The van der Waals surface area contributed by atoms with Crippen LogP contribution in [0.15, 0.2) is 47.5 Å². The Balaban J connectivity index is 1.69. The van der Waals surface area contributed by atoms with Crippen molar-refractivity contribution in [2.45, 2.75) is 0 Å². The number of ether oxygens (including phenoxy) is 2. The first kappa shape index (κ1) is 18.3. The molecule has 3 aromatic rings. The molecule has 2 aromatic carbocycles. The molecule has 0 radical (unpaired) electrons. The first-order valence-electron chi connectivity index (χ1n) is 9.28. The Labute approximate surface area is 163 Å². The first-order valence-corrected chi connectivity index (χ1v) is 9.28. The maximum atomic E-state index is 13.0. The van der Waals surface area contributed by atoms with Gasteiger partial charge in [0, 0.05) is 37.9 Å². The van der Waals surface area contributed by atoms with Crippen LogP contribution in [0.4, 0.5) is 5.69 Å². The summed E-state index contributed by atoms with van der Waals surface area (Å²) >= 11 is 0. The summed E-state index contributed by atoms with van der Waals surface area (Å²) in [6, 6.07) is 11.4. The average Bonchev–Trinajstić information content (AvgIpc) is 2.74. The second-order valence-corrected chi connectivity index (χ2v) is 6.95. The van der Waals surface area contributed by atoms with Crippen LogP contribution in [0.3, 0.4) is 0 Å². The fraction of sp³-hybridized carbons (Fsp3) is 0.333. The van der Waals surface area contributed by atoms with Gasteiger partial charge in [0.15, 0.2) is 11.5 Å². The number of likely N-dealkylation sites (N-methyl/N-ethyl adjacent to an activating group) is 1. The van der Waals surface area contributed by atoms with Crippen molar-refractivity contribution < 1.29 is 9.47 Å². The molecule has 1 saturated heterocycles. The van der Waals surface area contributed by atoms with Gasteiger partial charge in [0.2, 0.25) is 0 Å². The predicted molar refractivity (Wildman–Crippen MR) is 110 cm³/mol. The van der Waals surface area contributed by atoms with Crippen LogP contribution in [0.1, 0.15) is 0 Å². The van der Waals surface area contributed by atoms with E-state index in [0.717, 1.165) is 31.9 Å². The second kappa shape index (κ2) is 7.52. The zero-order valence-electron chi connectivity index (χ0n) is 16.4. The van der Waals surface area contributed by atoms with E-state index in [9.17, 15) is 4.79 Å². The van der Waals surface area contributed by atoms with E-state index in [2.05, 4.69) is 34.0 Å². The van der Waals surface area contributed by atoms with Crippen molar-refractivity contribution in [3.05, 3.63) is 53.1 Å². The Morgan fingerprint density at radius 2 is 1.50 bits per heavy atom. The lowest BCUT2D eigenvalue weighted by molar-refractivity contribution is 0.313. The lowest BCUT2D eigenvalue weighted by Gasteiger charge is -2.34. The van der Waals surface area contributed by atoms with Gasteiger partial charge in [-0.3, -0.25) is 9.36 Å². The smallest absolute Gasteiger partial charge is 0.265 e. The number of aromatic nitrogens is 2. The molecule has 1 aliphatic rings. The van der Waals surface area contributed by atoms with Crippen LogP contribution in [0, 0.1) is 0 Å². The van der Waals surface area contributed by atoms with Crippen LogP contribution in [0.2, 0.25) is 0 Å². The molecule has 7 heteroatoms. The zero-order valence-corrected chi connectivity index (χ0v) is 16.4. The first-order chi connectivity index (χ1) is 13.6. The van der Waals surface area contributed by atoms with E-state index < -0.39 is 0 Å². The van der Waals surface area contributed by atoms with E-state index in [4.69, 9.17) is 9.47 Å². The third kappa shape index (κ3) is 3.29. The summed E-state index contributed by atoms with van der Waals surface area (Å²) in [5.74, 6) is 1.06. The maximum Gasteiger partial charge on any atom is 0.265 e. The number of anilines is 1. The molecule has 0 atom stereocenters. The summed E-state index contributed by atoms with van der Waals surface area (Å²) in [6.45, 7) is 4.13. The fourth-order valence-corrected chi connectivity index (χ4v) is 3.52. The minimum atomic E-state index is -0.140. The van der Waals surface area contributed by atoms with Gasteiger partial charge in [-0.25, -0.2) is 4.98 Å². The van der Waals surface area contributed by atoms with Crippen molar-refractivity contribution in [3.8, 4) is 17.2 Å². The highest BCUT2D eigenvalue weighted by Gasteiger charge is 2.15. The van der Waals surface area contributed by atoms with Gasteiger partial charge < -0.3 is 19.3 Å². The normalized spacial score (nSPS) is 15.0. The molecule has 0 aliphatic carbocycles. The molecule has 28 heavy (non-hydrogen) atoms. The van der Waals surface area contributed by atoms with Gasteiger partial charge >= 0.3 is 0 Å². The summed E-state index contributed by atoms with van der Waals surface area (Å²) in [6.07, 6.45) is 1.56. The van der Waals surface area contributed by atoms with Crippen LogP contribution in [-0.2, 0) is 0 Å². The molecule has 0 spiro atoms. The average molecular weight is 380 g/mol. The highest BCUT2D eigenvalue weighted by Crippen LogP contribution is 2.30. The molecule has 0 N–H and O–H groups in total. The van der Waals surface area contributed by atoms with Crippen molar-refractivity contribution in [1.82, 2.24) is 14.5 Å². The van der Waals surface area contributed by atoms with Gasteiger partial charge in [-0.05, 0) is 37.4 Å². The fourth-order valence-electron chi connectivity index (χ4n) is 3.52. The summed E-state index contributed by atoms with van der Waals surface area (Å²) in [5, 5.41) is 0.489. The Kier molecular flexibility index (Phi) is 4.92. The molecule has 2 heterocycles. The Hall–Kier alpha value is -3.06. The Morgan fingerprint density at radius 3 is 2.14 bits per heavy atom. The van der Waals surface area contributed by atoms with Crippen molar-refractivity contribution in [2.24, 2.45) is 0 Å². The largest absolute Gasteiger partial charge is 0.493 e. The van der Waals surface area contributed by atoms with Crippen LogP contribution < -0.4 is 19.9 Å².